The zero-order valence-electron chi connectivity index (χ0n) is 8.21. The third-order valence-electron chi connectivity index (χ3n) is 2.59. The summed E-state index contributed by atoms with van der Waals surface area (Å²) < 4.78 is 0.972. The molecule has 0 saturated carbocycles. The van der Waals surface area contributed by atoms with E-state index in [4.69, 9.17) is 0 Å². The molecule has 4 heteroatoms. The van der Waals surface area contributed by atoms with Crippen LogP contribution in [0.25, 0.3) is 0 Å². The van der Waals surface area contributed by atoms with E-state index in [2.05, 4.69) is 31.2 Å². The lowest BCUT2D eigenvalue weighted by Gasteiger charge is -2.23. The van der Waals surface area contributed by atoms with Gasteiger partial charge < -0.3 is 4.90 Å². The number of nitrogens with zero attached hydrogens (tertiary/aromatic N) is 2. The first-order valence-electron chi connectivity index (χ1n) is 5.22. The second-order valence-electron chi connectivity index (χ2n) is 3.71. The van der Waals surface area contributed by atoms with Gasteiger partial charge in [0.25, 0.3) is 0 Å². The average Bonchev–Trinajstić information content (AvgIpc) is 2.51. The van der Waals surface area contributed by atoms with E-state index in [0.29, 0.717) is 0 Å². The van der Waals surface area contributed by atoms with Crippen LogP contribution in [0.15, 0.2) is 9.98 Å². The molecule has 2 heterocycles. The van der Waals surface area contributed by atoms with Crippen LogP contribution in [0.5, 0.6) is 0 Å². The van der Waals surface area contributed by atoms with Gasteiger partial charge in [-0.2, -0.15) is 0 Å². The van der Waals surface area contributed by atoms with Gasteiger partial charge >= 0.3 is 0 Å². The highest BCUT2D eigenvalue weighted by atomic mass is 79.9. The molecule has 1 aliphatic rings. The summed E-state index contributed by atoms with van der Waals surface area (Å²) in [5, 5.41) is 3.24. The largest absolute Gasteiger partial charge is 0.348 e. The Morgan fingerprint density at radius 2 is 1.79 bits per heavy atom. The molecule has 1 aliphatic heterocycles. The minimum atomic E-state index is 0.972. The first-order chi connectivity index (χ1) is 6.86. The molecule has 0 radical (unpaired) electrons. The lowest BCUT2D eigenvalue weighted by atomic mass is 10.1. The fourth-order valence-electron chi connectivity index (χ4n) is 1.83. The number of hydrogen-bond donors (Lipinski definition) is 0. The van der Waals surface area contributed by atoms with Gasteiger partial charge in [0.15, 0.2) is 5.13 Å². The molecule has 1 aromatic heterocycles. The van der Waals surface area contributed by atoms with Crippen molar-refractivity contribution in [2.75, 3.05) is 18.0 Å². The van der Waals surface area contributed by atoms with Gasteiger partial charge in [-0.1, -0.05) is 19.3 Å². The van der Waals surface area contributed by atoms with Crippen LogP contribution in [0.4, 0.5) is 5.13 Å². The van der Waals surface area contributed by atoms with Crippen LogP contribution in [-0.2, 0) is 0 Å². The molecule has 0 aromatic carbocycles. The molecule has 0 aliphatic carbocycles. The Hall–Kier alpha value is -0.0900. The van der Waals surface area contributed by atoms with Crippen molar-refractivity contribution < 1.29 is 0 Å². The monoisotopic (exact) mass is 274 g/mol. The summed E-state index contributed by atoms with van der Waals surface area (Å²) in [4.78, 5) is 6.89. The minimum Gasteiger partial charge on any atom is -0.348 e. The van der Waals surface area contributed by atoms with E-state index in [9.17, 15) is 0 Å². The number of halogens is 1. The lowest BCUT2D eigenvalue weighted by Crippen LogP contribution is -2.26. The zero-order valence-corrected chi connectivity index (χ0v) is 10.6. The SMILES string of the molecule is Brc1csc(N2CCCCCCC2)n1. The molecule has 0 bridgehead atoms. The summed E-state index contributed by atoms with van der Waals surface area (Å²) in [6.07, 6.45) is 6.80. The van der Waals surface area contributed by atoms with E-state index < -0.39 is 0 Å². The van der Waals surface area contributed by atoms with Crippen molar-refractivity contribution in [3.63, 3.8) is 0 Å². The normalized spacial score (nSPS) is 19.1. The maximum absolute atomic E-state index is 4.47. The van der Waals surface area contributed by atoms with Crippen LogP contribution in [0, 0.1) is 0 Å². The summed E-state index contributed by atoms with van der Waals surface area (Å²) >= 11 is 5.15. The Morgan fingerprint density at radius 1 is 1.14 bits per heavy atom. The smallest absolute Gasteiger partial charge is 0.186 e. The average molecular weight is 275 g/mol. The molecule has 2 nitrogen and oxygen atoms in total. The molecule has 14 heavy (non-hydrogen) atoms. The Morgan fingerprint density at radius 3 is 2.36 bits per heavy atom. The lowest BCUT2D eigenvalue weighted by molar-refractivity contribution is 0.556. The molecule has 78 valence electrons. The predicted molar refractivity (Wildman–Crippen MR) is 65.1 cm³/mol. The van der Waals surface area contributed by atoms with Crippen LogP contribution in [0.3, 0.4) is 0 Å². The van der Waals surface area contributed by atoms with Gasteiger partial charge in [0.05, 0.1) is 0 Å². The first kappa shape index (κ1) is 10.4. The Labute approximate surface area is 97.5 Å². The third-order valence-corrected chi connectivity index (χ3v) is 4.20. The molecular weight excluding hydrogens is 260 g/mol. The Balaban J connectivity index is 2.00. The van der Waals surface area contributed by atoms with Crippen LogP contribution < -0.4 is 4.90 Å². The van der Waals surface area contributed by atoms with Gasteiger partial charge in [-0.05, 0) is 28.8 Å². The van der Waals surface area contributed by atoms with Crippen LogP contribution in [0.2, 0.25) is 0 Å². The van der Waals surface area contributed by atoms with Crippen molar-refractivity contribution in [1.82, 2.24) is 4.98 Å². The van der Waals surface area contributed by atoms with Crippen molar-refractivity contribution in [1.29, 1.82) is 0 Å². The predicted octanol–water partition coefficient (Wildman–Crippen LogP) is 3.68. The molecule has 0 atom stereocenters. The van der Waals surface area contributed by atoms with Gasteiger partial charge in [-0.15, -0.1) is 11.3 Å². The van der Waals surface area contributed by atoms with E-state index in [1.807, 2.05) is 0 Å². The van der Waals surface area contributed by atoms with Gasteiger partial charge in [-0.3, -0.25) is 0 Å². The maximum Gasteiger partial charge on any atom is 0.186 e. The summed E-state index contributed by atoms with van der Waals surface area (Å²) in [5.74, 6) is 0. The third kappa shape index (κ3) is 2.70. The quantitative estimate of drug-likeness (QED) is 0.777. The molecule has 0 unspecified atom stereocenters. The van der Waals surface area contributed by atoms with E-state index in [0.717, 1.165) is 4.60 Å². The molecule has 1 aromatic rings. The van der Waals surface area contributed by atoms with Gasteiger partial charge in [0, 0.05) is 18.5 Å². The van der Waals surface area contributed by atoms with Gasteiger partial charge in [0.2, 0.25) is 0 Å². The highest BCUT2D eigenvalue weighted by molar-refractivity contribution is 9.10. The number of hydrogen-bond acceptors (Lipinski definition) is 3. The number of thiazole rings is 1. The molecule has 1 saturated heterocycles. The fourth-order valence-corrected chi connectivity index (χ4v) is 3.13. The van der Waals surface area contributed by atoms with E-state index in [1.54, 1.807) is 11.3 Å². The highest BCUT2D eigenvalue weighted by Crippen LogP contribution is 2.25. The van der Waals surface area contributed by atoms with Gasteiger partial charge in [0.1, 0.15) is 4.60 Å². The second kappa shape index (κ2) is 5.12. The summed E-state index contributed by atoms with van der Waals surface area (Å²) in [6.45, 7) is 2.36. The van der Waals surface area contributed by atoms with E-state index in [-0.39, 0.29) is 0 Å². The molecular formula is C10H15BrN2S. The minimum absolute atomic E-state index is 0.972. The molecule has 0 N–H and O–H groups in total. The fraction of sp³-hybridized carbons (Fsp3) is 0.700. The first-order valence-corrected chi connectivity index (χ1v) is 6.89. The molecule has 2 rings (SSSR count). The molecule has 1 fully saturated rings. The summed E-state index contributed by atoms with van der Waals surface area (Å²) in [7, 11) is 0. The maximum atomic E-state index is 4.47. The van der Waals surface area contributed by atoms with E-state index >= 15 is 0 Å². The highest BCUT2D eigenvalue weighted by Gasteiger charge is 2.11. The number of aromatic nitrogens is 1. The Kier molecular flexibility index (Phi) is 3.81. The van der Waals surface area contributed by atoms with E-state index in [1.165, 1.54) is 50.3 Å². The molecule has 0 spiro atoms. The zero-order chi connectivity index (χ0) is 9.80. The van der Waals surface area contributed by atoms with Crippen LogP contribution in [0.1, 0.15) is 32.1 Å². The number of anilines is 1. The summed E-state index contributed by atoms with van der Waals surface area (Å²) in [5.41, 5.74) is 0. The van der Waals surface area contributed by atoms with Crippen molar-refractivity contribution in [2.24, 2.45) is 0 Å². The second-order valence-corrected chi connectivity index (χ2v) is 5.36. The topological polar surface area (TPSA) is 16.1 Å². The van der Waals surface area contributed by atoms with Crippen molar-refractivity contribution >= 4 is 32.4 Å². The Bertz CT molecular complexity index is 279. The molecule has 0 amide bonds. The van der Waals surface area contributed by atoms with Crippen molar-refractivity contribution in [3.05, 3.63) is 9.98 Å². The van der Waals surface area contributed by atoms with Crippen molar-refractivity contribution in [2.45, 2.75) is 32.1 Å². The van der Waals surface area contributed by atoms with Gasteiger partial charge in [-0.25, -0.2) is 4.98 Å². The van der Waals surface area contributed by atoms with Crippen LogP contribution >= 0.6 is 27.3 Å². The number of rotatable bonds is 1. The van der Waals surface area contributed by atoms with Crippen molar-refractivity contribution in [3.8, 4) is 0 Å². The standard InChI is InChI=1S/C10H15BrN2S/c11-9-8-14-10(12-9)13-6-4-2-1-3-5-7-13/h8H,1-7H2. The summed E-state index contributed by atoms with van der Waals surface area (Å²) in [6, 6.07) is 0. The van der Waals surface area contributed by atoms with Crippen LogP contribution in [-0.4, -0.2) is 18.1 Å².